The predicted molar refractivity (Wildman–Crippen MR) is 95.9 cm³/mol. The molecule has 12 heteroatoms. The molecule has 9 N–H and O–H groups in total. The highest BCUT2D eigenvalue weighted by atomic mass is 32.2. The Kier molecular flexibility index (Phi) is 10.6. The number of nitrogens with one attached hydrogen (secondary N) is 2. The highest BCUT2D eigenvalue weighted by Crippen LogP contribution is 2.33. The Morgan fingerprint density at radius 3 is 2.76 bits per heavy atom. The van der Waals surface area contributed by atoms with E-state index in [4.69, 9.17) is 26.3 Å². The van der Waals surface area contributed by atoms with E-state index in [0.29, 0.717) is 5.25 Å². The number of aliphatic hydroxyl groups excluding tert-OH is 1. The van der Waals surface area contributed by atoms with Crippen LogP contribution in [0.25, 0.3) is 0 Å². The van der Waals surface area contributed by atoms with Crippen LogP contribution in [0.3, 0.4) is 0 Å². The van der Waals surface area contributed by atoms with Gasteiger partial charge >= 0.3 is 12.0 Å². The third-order valence-corrected chi connectivity index (χ3v) is 5.65. The average Bonchev–Trinajstić information content (AvgIpc) is 3.09. The van der Waals surface area contributed by atoms with E-state index in [1.165, 1.54) is 0 Å². The molecule has 10 nitrogen and oxygen atoms in total. The van der Waals surface area contributed by atoms with Crippen molar-refractivity contribution in [1.29, 1.82) is 0 Å². The van der Waals surface area contributed by atoms with Gasteiger partial charge in [0.25, 0.3) is 0 Å². The number of hydrogen-bond acceptors (Lipinski definition) is 8. The highest BCUT2D eigenvalue weighted by molar-refractivity contribution is 8.00. The number of unbranched alkanes of at least 4 members (excludes halogenated alkanes) is 1. The normalized spacial score (nSPS) is 26.7. The van der Waals surface area contributed by atoms with Crippen molar-refractivity contribution in [1.82, 2.24) is 10.6 Å². The number of carboxylic acid groups (broad SMARTS) is 1. The third-order valence-electron chi connectivity index (χ3n) is 3.72. The largest absolute Gasteiger partial charge is 0.481 e. The summed E-state index contributed by atoms with van der Waals surface area (Å²) in [7, 11) is -1.83. The van der Waals surface area contributed by atoms with E-state index in [1.807, 2.05) is 11.8 Å². The molecule has 0 aliphatic carbocycles. The lowest BCUT2D eigenvalue weighted by molar-refractivity contribution is -0.137. The number of carbonyl (C=O) groups is 2. The lowest BCUT2D eigenvalue weighted by atomic mass is 10.0. The van der Waals surface area contributed by atoms with E-state index in [2.05, 4.69) is 15.2 Å². The number of urea groups is 1. The summed E-state index contributed by atoms with van der Waals surface area (Å²) in [5.74, 6) is 0.236. The van der Waals surface area contributed by atoms with E-state index in [0.717, 1.165) is 25.0 Å². The summed E-state index contributed by atoms with van der Waals surface area (Å²) in [6.07, 6.45) is 2.88. The Bertz CT molecular complexity index is 433. The highest BCUT2D eigenvalue weighted by Gasteiger charge is 2.42. The van der Waals surface area contributed by atoms with Gasteiger partial charge in [0.1, 0.15) is 0 Å². The van der Waals surface area contributed by atoms with Crippen molar-refractivity contribution >= 4 is 32.3 Å². The molecule has 2 aliphatic heterocycles. The molecule has 2 aliphatic rings. The molecule has 2 saturated heterocycles. The van der Waals surface area contributed by atoms with Crippen LogP contribution in [0.15, 0.2) is 0 Å². The van der Waals surface area contributed by atoms with Gasteiger partial charge in [-0.2, -0.15) is 11.8 Å². The summed E-state index contributed by atoms with van der Waals surface area (Å²) in [5.41, 5.74) is 10.0. The quantitative estimate of drug-likeness (QED) is 0.150. The summed E-state index contributed by atoms with van der Waals surface area (Å²) in [6.45, 7) is -0.0711. The molecule has 2 fully saturated rings. The first-order chi connectivity index (χ1) is 11.8. The Morgan fingerprint density at radius 2 is 2.16 bits per heavy atom. The van der Waals surface area contributed by atoms with E-state index in [1.54, 1.807) is 0 Å². The molecule has 25 heavy (non-hydrogen) atoms. The predicted octanol–water partition coefficient (Wildman–Crippen LogP) is -0.703. The van der Waals surface area contributed by atoms with Gasteiger partial charge in [-0.25, -0.2) is 4.79 Å². The molecule has 2 rings (SSSR count). The molecule has 2 heterocycles. The molecular weight excluding hydrogens is 371 g/mol. The van der Waals surface area contributed by atoms with Gasteiger partial charge < -0.3 is 36.0 Å². The van der Waals surface area contributed by atoms with Gasteiger partial charge in [-0.05, 0) is 12.8 Å². The topological polar surface area (TPSA) is 180 Å². The van der Waals surface area contributed by atoms with E-state index in [9.17, 15) is 9.59 Å². The Balaban J connectivity index is 0.000000299. The van der Waals surface area contributed by atoms with Gasteiger partial charge in [-0.3, -0.25) is 10.3 Å². The molecular formula is C13H27N4O6PS. The fourth-order valence-electron chi connectivity index (χ4n) is 2.49. The second-order valence-corrected chi connectivity index (χ2v) is 7.94. The Hall–Kier alpha value is -0.680. The number of thioether (sulfide) groups is 1. The molecule has 0 spiro atoms. The lowest BCUT2D eigenvalue weighted by Crippen LogP contribution is -2.36. The summed E-state index contributed by atoms with van der Waals surface area (Å²) in [6, 6.07) is -0.0131. The first-order valence-electron chi connectivity index (χ1n) is 7.97. The van der Waals surface area contributed by atoms with Crippen LogP contribution in [0.5, 0.6) is 0 Å². The van der Waals surface area contributed by atoms with Crippen molar-refractivity contribution in [2.75, 3.05) is 19.0 Å². The molecule has 5 atom stereocenters. The number of hydrogen-bond donors (Lipinski definition) is 7. The minimum absolute atomic E-state index is 0.0640. The van der Waals surface area contributed by atoms with Gasteiger partial charge in [0.05, 0.1) is 31.3 Å². The summed E-state index contributed by atoms with van der Waals surface area (Å²) in [5, 5.41) is 23.1. The zero-order chi connectivity index (χ0) is 18.8. The van der Waals surface area contributed by atoms with Crippen LogP contribution in [0.4, 0.5) is 4.79 Å². The fraction of sp³-hybridized carbons (Fsp3) is 0.846. The molecule has 2 amide bonds. The van der Waals surface area contributed by atoms with Gasteiger partial charge in [-0.15, -0.1) is 0 Å². The summed E-state index contributed by atoms with van der Waals surface area (Å²) >= 11 is 1.87. The van der Waals surface area contributed by atoms with E-state index < -0.39 is 20.5 Å². The van der Waals surface area contributed by atoms with Crippen LogP contribution in [-0.4, -0.2) is 69.4 Å². The van der Waals surface area contributed by atoms with Crippen molar-refractivity contribution in [3.8, 4) is 0 Å². The second kappa shape index (κ2) is 11.8. The zero-order valence-electron chi connectivity index (χ0n) is 13.8. The lowest BCUT2D eigenvalue weighted by Gasteiger charge is -2.16. The first-order valence-corrected chi connectivity index (χ1v) is 10.3. The first kappa shape index (κ1) is 22.4. The zero-order valence-corrected chi connectivity index (χ0v) is 15.5. The summed E-state index contributed by atoms with van der Waals surface area (Å²) in [4.78, 5) is 29.8. The number of nitrogens with two attached hydrogens (primary N) is 2. The molecule has 146 valence electrons. The summed E-state index contributed by atoms with van der Waals surface area (Å²) < 4.78 is 4.51. The number of aliphatic carboxylic acids is 1. The van der Waals surface area contributed by atoms with Crippen molar-refractivity contribution < 1.29 is 29.2 Å². The van der Waals surface area contributed by atoms with Crippen molar-refractivity contribution in [2.45, 2.75) is 49.1 Å². The van der Waals surface area contributed by atoms with Crippen LogP contribution in [0, 0.1) is 0 Å². The number of carboxylic acids is 1. The molecule has 0 bridgehead atoms. The van der Waals surface area contributed by atoms with Crippen LogP contribution in [-0.2, 0) is 9.32 Å². The molecule has 0 aromatic heterocycles. The van der Waals surface area contributed by atoms with Crippen LogP contribution >= 0.6 is 20.3 Å². The maximum absolute atomic E-state index is 11.1. The number of aliphatic hydroxyl groups is 1. The monoisotopic (exact) mass is 398 g/mol. The number of rotatable bonds is 9. The number of carbonyl (C=O) groups excluding carboxylic acids is 1. The van der Waals surface area contributed by atoms with Crippen LogP contribution < -0.4 is 21.9 Å². The van der Waals surface area contributed by atoms with Gasteiger partial charge in [-0.1, -0.05) is 6.42 Å². The maximum atomic E-state index is 11.1. The Morgan fingerprint density at radius 1 is 1.44 bits per heavy atom. The molecule has 1 unspecified atom stereocenters. The smallest absolute Gasteiger partial charge is 0.315 e. The van der Waals surface area contributed by atoms with Crippen molar-refractivity contribution in [3.63, 3.8) is 0 Å². The molecule has 0 aromatic rings. The van der Waals surface area contributed by atoms with Gasteiger partial charge in [0.15, 0.2) is 0 Å². The average molecular weight is 398 g/mol. The van der Waals surface area contributed by atoms with E-state index >= 15 is 0 Å². The fourth-order valence-corrected chi connectivity index (χ4v) is 4.38. The van der Waals surface area contributed by atoms with Crippen LogP contribution in [0.2, 0.25) is 0 Å². The minimum Gasteiger partial charge on any atom is -0.481 e. The molecule has 0 saturated carbocycles. The van der Waals surface area contributed by atoms with Crippen molar-refractivity contribution in [2.24, 2.45) is 11.2 Å². The van der Waals surface area contributed by atoms with E-state index in [-0.39, 0.29) is 37.7 Å². The molecule has 0 aromatic carbocycles. The van der Waals surface area contributed by atoms with Gasteiger partial charge in [0.2, 0.25) is 8.53 Å². The SMILES string of the molecule is N[C@H](CO)COP(N)O.O=C(O)CCCC[C@@H]1SC[C@@H]2NC(=O)N[C@@H]21. The maximum Gasteiger partial charge on any atom is 0.315 e. The Labute approximate surface area is 152 Å². The number of amides is 2. The standard InChI is InChI=1S/C10H16N2O3S.C3H11N2O3P/c13-8(14)4-2-1-3-7-9-6(5-16-7)11-10(15)12-9;4-3(1-6)2-8-9(5)7/h6-7,9H,1-5H2,(H,13,14)(H2,11,12,15);3,6-7H,1-2,4-5H2/t6-,7-,9-;3-,9?/m01/s1. The second-order valence-electron chi connectivity index (χ2n) is 5.80. The molecule has 0 radical (unpaired) electrons. The minimum atomic E-state index is -1.83. The van der Waals surface area contributed by atoms with Crippen molar-refractivity contribution in [3.05, 3.63) is 0 Å². The third kappa shape index (κ3) is 9.00. The van der Waals surface area contributed by atoms with Crippen LogP contribution in [0.1, 0.15) is 25.7 Å². The van der Waals surface area contributed by atoms with Gasteiger partial charge in [0, 0.05) is 17.4 Å². The number of fused-ring (bicyclic) bond motifs is 1.